The average Bonchev–Trinajstić information content (AvgIpc) is 2.37. The maximum Gasteiger partial charge on any atom is 0.166 e. The van der Waals surface area contributed by atoms with Crippen molar-refractivity contribution in [2.24, 2.45) is 0 Å². The molecule has 0 saturated carbocycles. The van der Waals surface area contributed by atoms with Gasteiger partial charge in [-0.15, -0.1) is 0 Å². The Morgan fingerprint density at radius 1 is 0.947 bits per heavy atom. The average molecular weight is 258 g/mol. The van der Waals surface area contributed by atoms with E-state index in [4.69, 9.17) is 5.11 Å². The Bertz CT molecular complexity index is 605. The Morgan fingerprint density at radius 3 is 2.37 bits per heavy atom. The molecule has 0 radical (unpaired) electrons. The minimum absolute atomic E-state index is 0.0882. The topological polar surface area (TPSA) is 77.8 Å². The molecular weight excluding hydrogens is 244 g/mol. The van der Waals surface area contributed by atoms with E-state index in [-0.39, 0.29) is 35.0 Å². The fourth-order valence-electron chi connectivity index (χ4n) is 1.86. The van der Waals surface area contributed by atoms with Crippen molar-refractivity contribution in [2.75, 3.05) is 0 Å². The Kier molecular flexibility index (Phi) is 3.71. The molecule has 0 fully saturated rings. The van der Waals surface area contributed by atoms with E-state index in [1.165, 1.54) is 12.1 Å². The van der Waals surface area contributed by atoms with Crippen LogP contribution in [0.5, 0.6) is 17.2 Å². The monoisotopic (exact) mass is 258 g/mol. The summed E-state index contributed by atoms with van der Waals surface area (Å²) < 4.78 is 0. The fourth-order valence-corrected chi connectivity index (χ4v) is 1.86. The number of rotatable bonds is 4. The molecule has 0 heterocycles. The number of aryl methyl sites for hydroxylation is 1. The van der Waals surface area contributed by atoms with E-state index in [9.17, 15) is 15.0 Å². The number of benzene rings is 2. The first-order valence-corrected chi connectivity index (χ1v) is 5.90. The van der Waals surface area contributed by atoms with E-state index in [0.29, 0.717) is 12.0 Å². The molecule has 0 aliphatic rings. The molecule has 2 aromatic carbocycles. The van der Waals surface area contributed by atoms with Gasteiger partial charge in [0.25, 0.3) is 0 Å². The normalized spacial score (nSPS) is 10.3. The second-order valence-electron chi connectivity index (χ2n) is 4.25. The number of carbonyl (C=O) groups excluding carboxylic acids is 1. The number of carbonyl (C=O) groups is 1. The molecule has 4 heteroatoms. The van der Waals surface area contributed by atoms with Gasteiger partial charge in [0.2, 0.25) is 0 Å². The zero-order chi connectivity index (χ0) is 13.8. The summed E-state index contributed by atoms with van der Waals surface area (Å²) in [5.74, 6) is -0.400. The molecule has 3 N–H and O–H groups in total. The Labute approximate surface area is 110 Å². The highest BCUT2D eigenvalue weighted by molar-refractivity contribution is 5.98. The molecule has 0 spiro atoms. The quantitative estimate of drug-likeness (QED) is 0.737. The van der Waals surface area contributed by atoms with Gasteiger partial charge >= 0.3 is 0 Å². The summed E-state index contributed by atoms with van der Waals surface area (Å²) in [5.41, 5.74) is 0.863. The largest absolute Gasteiger partial charge is 0.508 e. The standard InChI is InChI=1S/C15H14O4/c16-11-6-7-12(15(19)9-11)14(18)8-5-10-3-1-2-4-13(10)17/h1-4,6-7,9,16-17,19H,5,8H2. The third-order valence-electron chi connectivity index (χ3n) is 2.89. The summed E-state index contributed by atoms with van der Waals surface area (Å²) in [4.78, 5) is 11.9. The van der Waals surface area contributed by atoms with Crippen LogP contribution < -0.4 is 0 Å². The van der Waals surface area contributed by atoms with Crippen molar-refractivity contribution >= 4 is 5.78 Å². The molecule has 19 heavy (non-hydrogen) atoms. The van der Waals surface area contributed by atoms with E-state index < -0.39 is 0 Å². The summed E-state index contributed by atoms with van der Waals surface area (Å²) >= 11 is 0. The molecule has 0 amide bonds. The van der Waals surface area contributed by atoms with Gasteiger partial charge in [-0.2, -0.15) is 0 Å². The van der Waals surface area contributed by atoms with E-state index in [1.54, 1.807) is 24.3 Å². The Balaban J connectivity index is 2.08. The van der Waals surface area contributed by atoms with Gasteiger partial charge in [0.1, 0.15) is 17.2 Å². The van der Waals surface area contributed by atoms with Gasteiger partial charge in [0, 0.05) is 12.5 Å². The van der Waals surface area contributed by atoms with E-state index >= 15 is 0 Å². The zero-order valence-corrected chi connectivity index (χ0v) is 10.2. The molecule has 4 nitrogen and oxygen atoms in total. The third-order valence-corrected chi connectivity index (χ3v) is 2.89. The Morgan fingerprint density at radius 2 is 1.68 bits per heavy atom. The van der Waals surface area contributed by atoms with Crippen molar-refractivity contribution in [1.82, 2.24) is 0 Å². The summed E-state index contributed by atoms with van der Waals surface area (Å²) in [5, 5.41) is 28.3. The highest BCUT2D eigenvalue weighted by Crippen LogP contribution is 2.25. The van der Waals surface area contributed by atoms with E-state index in [0.717, 1.165) is 6.07 Å². The molecule has 0 aromatic heterocycles. The second kappa shape index (κ2) is 5.44. The van der Waals surface area contributed by atoms with Crippen LogP contribution in [0.3, 0.4) is 0 Å². The number of para-hydroxylation sites is 1. The van der Waals surface area contributed by atoms with Crippen LogP contribution >= 0.6 is 0 Å². The number of phenols is 3. The van der Waals surface area contributed by atoms with Gasteiger partial charge in [-0.05, 0) is 30.2 Å². The molecule has 98 valence electrons. The van der Waals surface area contributed by atoms with Crippen molar-refractivity contribution in [1.29, 1.82) is 0 Å². The van der Waals surface area contributed by atoms with Gasteiger partial charge < -0.3 is 15.3 Å². The number of ketones is 1. The van der Waals surface area contributed by atoms with Crippen molar-refractivity contribution in [3.63, 3.8) is 0 Å². The van der Waals surface area contributed by atoms with Crippen LogP contribution in [0, 0.1) is 0 Å². The number of aromatic hydroxyl groups is 3. The first-order chi connectivity index (χ1) is 9.08. The second-order valence-corrected chi connectivity index (χ2v) is 4.25. The molecule has 0 aliphatic carbocycles. The first-order valence-electron chi connectivity index (χ1n) is 5.90. The fraction of sp³-hybridized carbons (Fsp3) is 0.133. The van der Waals surface area contributed by atoms with Crippen molar-refractivity contribution in [2.45, 2.75) is 12.8 Å². The van der Waals surface area contributed by atoms with Crippen molar-refractivity contribution in [3.05, 3.63) is 53.6 Å². The van der Waals surface area contributed by atoms with Crippen LogP contribution in [-0.4, -0.2) is 21.1 Å². The SMILES string of the molecule is O=C(CCc1ccccc1O)c1ccc(O)cc1O. The van der Waals surface area contributed by atoms with Gasteiger partial charge in [0.05, 0.1) is 5.56 Å². The summed E-state index contributed by atoms with van der Waals surface area (Å²) in [6.45, 7) is 0. The van der Waals surface area contributed by atoms with E-state index in [1.807, 2.05) is 0 Å². The van der Waals surface area contributed by atoms with Crippen LogP contribution in [0.1, 0.15) is 22.3 Å². The maximum absolute atomic E-state index is 11.9. The molecule has 2 rings (SSSR count). The lowest BCUT2D eigenvalue weighted by molar-refractivity contribution is 0.0980. The van der Waals surface area contributed by atoms with Gasteiger partial charge in [0.15, 0.2) is 5.78 Å². The van der Waals surface area contributed by atoms with Crippen LogP contribution in [-0.2, 0) is 6.42 Å². The maximum atomic E-state index is 11.9. The minimum atomic E-state index is -0.235. The van der Waals surface area contributed by atoms with Crippen LogP contribution in [0.4, 0.5) is 0 Å². The highest BCUT2D eigenvalue weighted by Gasteiger charge is 2.12. The summed E-state index contributed by atoms with van der Waals surface area (Å²) in [6.07, 6.45) is 0.571. The molecule has 0 bridgehead atoms. The third kappa shape index (κ3) is 3.04. The van der Waals surface area contributed by atoms with Gasteiger partial charge in [-0.3, -0.25) is 4.79 Å². The number of hydrogen-bond donors (Lipinski definition) is 3. The minimum Gasteiger partial charge on any atom is -0.508 e. The number of phenolic OH excluding ortho intramolecular Hbond substituents is 3. The molecular formula is C15H14O4. The summed E-state index contributed by atoms with van der Waals surface area (Å²) in [6, 6.07) is 10.7. The van der Waals surface area contributed by atoms with E-state index in [2.05, 4.69) is 0 Å². The van der Waals surface area contributed by atoms with Crippen LogP contribution in [0.25, 0.3) is 0 Å². The molecule has 2 aromatic rings. The zero-order valence-electron chi connectivity index (χ0n) is 10.2. The lowest BCUT2D eigenvalue weighted by Gasteiger charge is -2.06. The van der Waals surface area contributed by atoms with Crippen molar-refractivity contribution in [3.8, 4) is 17.2 Å². The van der Waals surface area contributed by atoms with Crippen LogP contribution in [0.15, 0.2) is 42.5 Å². The van der Waals surface area contributed by atoms with Gasteiger partial charge in [-0.1, -0.05) is 18.2 Å². The van der Waals surface area contributed by atoms with Crippen molar-refractivity contribution < 1.29 is 20.1 Å². The Hall–Kier alpha value is -2.49. The molecule has 0 saturated heterocycles. The first kappa shape index (κ1) is 13.0. The highest BCUT2D eigenvalue weighted by atomic mass is 16.3. The predicted octanol–water partition coefficient (Wildman–Crippen LogP) is 2.62. The molecule has 0 unspecified atom stereocenters. The predicted molar refractivity (Wildman–Crippen MR) is 70.5 cm³/mol. The number of Topliss-reactive ketones (excluding diaryl/α,β-unsaturated/α-hetero) is 1. The van der Waals surface area contributed by atoms with Crippen LogP contribution in [0.2, 0.25) is 0 Å². The van der Waals surface area contributed by atoms with Gasteiger partial charge in [-0.25, -0.2) is 0 Å². The lowest BCUT2D eigenvalue weighted by atomic mass is 10.0. The molecule has 0 atom stereocenters. The number of hydrogen-bond acceptors (Lipinski definition) is 4. The molecule has 0 aliphatic heterocycles. The summed E-state index contributed by atoms with van der Waals surface area (Å²) in [7, 11) is 0. The lowest BCUT2D eigenvalue weighted by Crippen LogP contribution is -2.01. The smallest absolute Gasteiger partial charge is 0.166 e.